The van der Waals surface area contributed by atoms with E-state index in [0.717, 1.165) is 17.7 Å². The minimum Gasteiger partial charge on any atom is -0.465 e. The number of halogens is 1. The Bertz CT molecular complexity index is 1380. The normalized spacial score (nSPS) is 15.2. The molecule has 0 bridgehead atoms. The van der Waals surface area contributed by atoms with Gasteiger partial charge in [-0.2, -0.15) is 10.4 Å². The van der Waals surface area contributed by atoms with Gasteiger partial charge in [0, 0.05) is 11.3 Å². The van der Waals surface area contributed by atoms with Crippen LogP contribution in [0.5, 0.6) is 11.6 Å². The molecule has 0 fully saturated rings. The maximum absolute atomic E-state index is 13.1. The number of carbonyl (C=O) groups excluding carboxylic acids is 1. The van der Waals surface area contributed by atoms with Gasteiger partial charge in [0.05, 0.1) is 41.1 Å². The van der Waals surface area contributed by atoms with Crippen LogP contribution < -0.4 is 9.46 Å². The lowest BCUT2D eigenvalue weighted by Gasteiger charge is -2.24. The Kier molecular flexibility index (Phi) is 7.49. The van der Waals surface area contributed by atoms with E-state index in [1.54, 1.807) is 42.1 Å². The van der Waals surface area contributed by atoms with Gasteiger partial charge in [0.25, 0.3) is 0 Å². The molecule has 35 heavy (non-hydrogen) atoms. The van der Waals surface area contributed by atoms with Crippen LogP contribution in [-0.4, -0.2) is 35.8 Å². The van der Waals surface area contributed by atoms with Crippen molar-refractivity contribution in [1.29, 1.82) is 5.26 Å². The molecule has 4 rings (SSSR count). The lowest BCUT2D eigenvalue weighted by molar-refractivity contribution is -0.144. The van der Waals surface area contributed by atoms with Crippen molar-refractivity contribution in [2.75, 3.05) is 6.61 Å². The van der Waals surface area contributed by atoms with Gasteiger partial charge < -0.3 is 9.47 Å². The summed E-state index contributed by atoms with van der Waals surface area (Å²) in [5.74, 6) is 0.259. The molecule has 1 aromatic carbocycles. The van der Waals surface area contributed by atoms with Crippen LogP contribution in [0.15, 0.2) is 52.1 Å². The number of carbonyl (C=O) groups is 1. The number of sulfonamides is 1. The fourth-order valence-electron chi connectivity index (χ4n) is 3.80. The molecule has 1 atom stereocenters. The molecule has 0 radical (unpaired) electrons. The van der Waals surface area contributed by atoms with E-state index in [-0.39, 0.29) is 29.9 Å². The van der Waals surface area contributed by atoms with E-state index in [1.807, 2.05) is 6.07 Å². The zero-order valence-electron chi connectivity index (χ0n) is 18.8. The Morgan fingerprint density at radius 1 is 1.31 bits per heavy atom. The highest BCUT2D eigenvalue weighted by atomic mass is 79.9. The van der Waals surface area contributed by atoms with Gasteiger partial charge in [-0.1, -0.05) is 0 Å². The molecule has 1 aliphatic carbocycles. The van der Waals surface area contributed by atoms with Gasteiger partial charge >= 0.3 is 5.97 Å². The molecule has 1 N–H and O–H groups in total. The third kappa shape index (κ3) is 5.70. The Labute approximate surface area is 211 Å². The number of esters is 1. The van der Waals surface area contributed by atoms with Crippen molar-refractivity contribution in [3.05, 3.63) is 64.0 Å². The van der Waals surface area contributed by atoms with E-state index < -0.39 is 16.1 Å². The fraction of sp³-hybridized carbons (Fsp3) is 0.304. The largest absolute Gasteiger partial charge is 0.465 e. The molecule has 2 heterocycles. The minimum absolute atomic E-state index is 0.0137. The molecule has 0 aliphatic heterocycles. The van der Waals surface area contributed by atoms with Crippen molar-refractivity contribution in [2.24, 2.45) is 0 Å². The van der Waals surface area contributed by atoms with Gasteiger partial charge in [0.15, 0.2) is 0 Å². The number of rotatable bonds is 8. The highest BCUT2D eigenvalue weighted by molar-refractivity contribution is 9.10. The zero-order chi connectivity index (χ0) is 25.0. The van der Waals surface area contributed by atoms with Gasteiger partial charge in [0.2, 0.25) is 15.9 Å². The molecule has 3 aromatic rings. The van der Waals surface area contributed by atoms with Crippen LogP contribution in [0.4, 0.5) is 0 Å². The van der Waals surface area contributed by atoms with Crippen LogP contribution in [0.1, 0.15) is 42.6 Å². The number of ether oxygens (including phenoxy) is 2. The van der Waals surface area contributed by atoms with E-state index in [2.05, 4.69) is 30.7 Å². The van der Waals surface area contributed by atoms with Crippen molar-refractivity contribution in [3.63, 3.8) is 0 Å². The molecule has 0 saturated carbocycles. The maximum Gasteiger partial charge on any atom is 0.327 e. The first kappa shape index (κ1) is 24.8. The van der Waals surface area contributed by atoms with Crippen molar-refractivity contribution in [2.45, 2.75) is 43.7 Å². The molecule has 2 aromatic heterocycles. The topological polar surface area (TPSA) is 136 Å². The van der Waals surface area contributed by atoms with Crippen LogP contribution in [-0.2, 0) is 32.5 Å². The maximum atomic E-state index is 13.1. The van der Waals surface area contributed by atoms with Crippen LogP contribution in [0.25, 0.3) is 0 Å². The Morgan fingerprint density at radius 2 is 2.09 bits per heavy atom. The van der Waals surface area contributed by atoms with E-state index in [1.165, 1.54) is 12.3 Å². The standard InChI is InChI=1S/C23H22BrN5O5S/c1-2-33-22(30)14-29-21-5-3-4-20(18(21)13-27-29)28-35(31,32)17-10-19(24)23(26-12-17)34-16-8-6-15(11-25)7-9-16/h6-10,12-13,20,28H,2-5,14H2,1H3. The van der Waals surface area contributed by atoms with Crippen LogP contribution >= 0.6 is 15.9 Å². The average molecular weight is 560 g/mol. The second-order valence-electron chi connectivity index (χ2n) is 7.77. The number of fused-ring (bicyclic) bond motifs is 1. The summed E-state index contributed by atoms with van der Waals surface area (Å²) in [6.45, 7) is 2.01. The van der Waals surface area contributed by atoms with E-state index in [9.17, 15) is 13.2 Å². The molecule has 0 spiro atoms. The first-order valence-corrected chi connectivity index (χ1v) is 13.1. The number of hydrogen-bond donors (Lipinski definition) is 1. The van der Waals surface area contributed by atoms with E-state index >= 15 is 0 Å². The Morgan fingerprint density at radius 3 is 2.77 bits per heavy atom. The third-order valence-corrected chi connectivity index (χ3v) is 7.44. The summed E-state index contributed by atoms with van der Waals surface area (Å²) in [4.78, 5) is 16.0. The van der Waals surface area contributed by atoms with Gasteiger partial charge in [0.1, 0.15) is 17.2 Å². The smallest absolute Gasteiger partial charge is 0.327 e. The van der Waals surface area contributed by atoms with Crippen molar-refractivity contribution < 1.29 is 22.7 Å². The summed E-state index contributed by atoms with van der Waals surface area (Å²) in [5, 5.41) is 13.2. The quantitative estimate of drug-likeness (QED) is 0.413. The Balaban J connectivity index is 1.50. The number of benzene rings is 1. The average Bonchev–Trinajstić information content (AvgIpc) is 3.24. The molecule has 1 aliphatic rings. The number of nitrogens with zero attached hydrogens (tertiary/aromatic N) is 4. The van der Waals surface area contributed by atoms with Crippen LogP contribution in [0.3, 0.4) is 0 Å². The summed E-state index contributed by atoms with van der Waals surface area (Å²) in [7, 11) is -3.91. The molecule has 182 valence electrons. The number of pyridine rings is 1. The van der Waals surface area contributed by atoms with Gasteiger partial charge in [-0.25, -0.2) is 18.1 Å². The molecular formula is C23H22BrN5O5S. The van der Waals surface area contributed by atoms with Crippen LogP contribution in [0, 0.1) is 11.3 Å². The summed E-state index contributed by atoms with van der Waals surface area (Å²) >= 11 is 3.33. The summed E-state index contributed by atoms with van der Waals surface area (Å²) in [6, 6.07) is 9.44. The zero-order valence-corrected chi connectivity index (χ0v) is 21.2. The highest BCUT2D eigenvalue weighted by Crippen LogP contribution is 2.33. The predicted molar refractivity (Wildman–Crippen MR) is 128 cm³/mol. The highest BCUT2D eigenvalue weighted by Gasteiger charge is 2.29. The number of nitriles is 1. The number of aromatic nitrogens is 3. The summed E-state index contributed by atoms with van der Waals surface area (Å²) < 4.78 is 41.6. The third-order valence-electron chi connectivity index (χ3n) is 5.43. The lowest BCUT2D eigenvalue weighted by Crippen LogP contribution is -2.31. The lowest BCUT2D eigenvalue weighted by atomic mass is 9.94. The molecular weight excluding hydrogens is 538 g/mol. The Hall–Kier alpha value is -3.27. The molecule has 10 nitrogen and oxygen atoms in total. The second-order valence-corrected chi connectivity index (χ2v) is 10.3. The number of hydrogen-bond acceptors (Lipinski definition) is 8. The summed E-state index contributed by atoms with van der Waals surface area (Å²) in [6.07, 6.45) is 4.87. The van der Waals surface area contributed by atoms with Crippen LogP contribution in [0.2, 0.25) is 0 Å². The minimum atomic E-state index is -3.91. The van der Waals surface area contributed by atoms with E-state index in [0.29, 0.717) is 28.6 Å². The molecule has 0 amide bonds. The van der Waals surface area contributed by atoms with Crippen molar-refractivity contribution >= 4 is 31.9 Å². The molecule has 1 unspecified atom stereocenters. The monoisotopic (exact) mass is 559 g/mol. The van der Waals surface area contributed by atoms with Crippen molar-refractivity contribution in [1.82, 2.24) is 19.5 Å². The van der Waals surface area contributed by atoms with E-state index in [4.69, 9.17) is 14.7 Å². The van der Waals surface area contributed by atoms with Gasteiger partial charge in [-0.05, 0) is 72.4 Å². The first-order chi connectivity index (χ1) is 16.8. The fourth-order valence-corrected chi connectivity index (χ4v) is 5.60. The molecule has 12 heteroatoms. The van der Waals surface area contributed by atoms with Gasteiger partial charge in [-0.15, -0.1) is 0 Å². The number of nitrogens with one attached hydrogen (secondary N) is 1. The van der Waals surface area contributed by atoms with Gasteiger partial charge in [-0.3, -0.25) is 9.48 Å². The molecule has 0 saturated heterocycles. The second kappa shape index (κ2) is 10.6. The van der Waals surface area contributed by atoms with Crippen molar-refractivity contribution in [3.8, 4) is 17.7 Å². The summed E-state index contributed by atoms with van der Waals surface area (Å²) in [5.41, 5.74) is 2.06. The SMILES string of the molecule is CCOC(=O)Cn1ncc2c1CCCC2NS(=O)(=O)c1cnc(Oc2ccc(C#N)cc2)c(Br)c1. The predicted octanol–water partition coefficient (Wildman–Crippen LogP) is 3.62. The first-order valence-electron chi connectivity index (χ1n) is 10.9.